The number of benzene rings is 1. The van der Waals surface area contributed by atoms with Crippen LogP contribution in [0.25, 0.3) is 0 Å². The van der Waals surface area contributed by atoms with E-state index in [0.29, 0.717) is 0 Å². The molecule has 0 radical (unpaired) electrons. The minimum Gasteiger partial charge on any atom is -0.496 e. The summed E-state index contributed by atoms with van der Waals surface area (Å²) in [5, 5.41) is 0. The Morgan fingerprint density at radius 2 is 1.73 bits per heavy atom. The van der Waals surface area contributed by atoms with Gasteiger partial charge in [-0.2, -0.15) is 0 Å². The molecule has 0 saturated carbocycles. The van der Waals surface area contributed by atoms with E-state index in [1.54, 1.807) is 14.2 Å². The number of hydrogen-bond donors (Lipinski definition) is 1. The molecule has 0 spiro atoms. The minimum atomic E-state index is -0.0200. The maximum absolute atomic E-state index is 5.90. The van der Waals surface area contributed by atoms with E-state index in [-0.39, 0.29) is 6.04 Å². The Hall–Kier alpha value is -1.22. The summed E-state index contributed by atoms with van der Waals surface area (Å²) in [7, 11) is 3.32. The summed E-state index contributed by atoms with van der Waals surface area (Å²) in [6, 6.07) is 1.96. The average molecular weight is 209 g/mol. The van der Waals surface area contributed by atoms with Crippen LogP contribution >= 0.6 is 0 Å². The molecule has 0 aliphatic heterocycles. The van der Waals surface area contributed by atoms with E-state index < -0.39 is 0 Å². The first-order valence-electron chi connectivity index (χ1n) is 5.00. The monoisotopic (exact) mass is 209 g/mol. The lowest BCUT2D eigenvalue weighted by Crippen LogP contribution is -2.09. The van der Waals surface area contributed by atoms with Gasteiger partial charge in [-0.05, 0) is 38.0 Å². The summed E-state index contributed by atoms with van der Waals surface area (Å²) < 4.78 is 10.7. The number of hydrogen-bond acceptors (Lipinski definition) is 3. The lowest BCUT2D eigenvalue weighted by atomic mass is 9.98. The van der Waals surface area contributed by atoms with Crippen molar-refractivity contribution in [3.8, 4) is 11.5 Å². The van der Waals surface area contributed by atoms with E-state index in [0.717, 1.165) is 28.2 Å². The van der Waals surface area contributed by atoms with Gasteiger partial charge < -0.3 is 15.2 Å². The van der Waals surface area contributed by atoms with Gasteiger partial charge in [-0.25, -0.2) is 0 Å². The number of methoxy groups -OCH3 is 2. The summed E-state index contributed by atoms with van der Waals surface area (Å²) >= 11 is 0. The maximum Gasteiger partial charge on any atom is 0.128 e. The second-order valence-electron chi connectivity index (χ2n) is 3.74. The van der Waals surface area contributed by atoms with Gasteiger partial charge >= 0.3 is 0 Å². The van der Waals surface area contributed by atoms with Crippen LogP contribution in [0.15, 0.2) is 6.07 Å². The molecule has 0 aliphatic rings. The standard InChI is InChI=1S/C12H19NO2/c1-7-10(9(3)13)6-11(14-4)8(2)12(7)15-5/h6,9H,13H2,1-5H3/t9-/m1/s1. The lowest BCUT2D eigenvalue weighted by Gasteiger charge is -2.18. The van der Waals surface area contributed by atoms with E-state index in [9.17, 15) is 0 Å². The topological polar surface area (TPSA) is 44.5 Å². The zero-order valence-electron chi connectivity index (χ0n) is 10.0. The normalized spacial score (nSPS) is 12.4. The summed E-state index contributed by atoms with van der Waals surface area (Å²) in [5.41, 5.74) is 9.07. The molecule has 1 atom stereocenters. The Balaban J connectivity index is 3.44. The Kier molecular flexibility index (Phi) is 3.58. The average Bonchev–Trinajstić information content (AvgIpc) is 2.18. The quantitative estimate of drug-likeness (QED) is 0.831. The van der Waals surface area contributed by atoms with Gasteiger partial charge in [0.2, 0.25) is 0 Å². The van der Waals surface area contributed by atoms with Crippen molar-refractivity contribution >= 4 is 0 Å². The van der Waals surface area contributed by atoms with E-state index in [4.69, 9.17) is 15.2 Å². The van der Waals surface area contributed by atoms with Crippen LogP contribution in [-0.4, -0.2) is 14.2 Å². The molecule has 2 N–H and O–H groups in total. The molecule has 15 heavy (non-hydrogen) atoms. The molecule has 0 aromatic heterocycles. The second-order valence-corrected chi connectivity index (χ2v) is 3.74. The molecule has 3 nitrogen and oxygen atoms in total. The fourth-order valence-electron chi connectivity index (χ4n) is 1.87. The second kappa shape index (κ2) is 4.53. The molecule has 1 aromatic rings. The van der Waals surface area contributed by atoms with Crippen molar-refractivity contribution in [3.05, 3.63) is 22.8 Å². The summed E-state index contributed by atoms with van der Waals surface area (Å²) in [6.07, 6.45) is 0. The van der Waals surface area contributed by atoms with Crippen molar-refractivity contribution in [1.29, 1.82) is 0 Å². The Labute approximate surface area is 91.2 Å². The van der Waals surface area contributed by atoms with Gasteiger partial charge in [-0.1, -0.05) is 0 Å². The maximum atomic E-state index is 5.90. The van der Waals surface area contributed by atoms with Gasteiger partial charge in [0, 0.05) is 11.6 Å². The molecule has 0 amide bonds. The Morgan fingerprint density at radius 3 is 2.13 bits per heavy atom. The fourth-order valence-corrected chi connectivity index (χ4v) is 1.87. The van der Waals surface area contributed by atoms with Gasteiger partial charge in [0.25, 0.3) is 0 Å². The molecule has 0 aliphatic carbocycles. The number of rotatable bonds is 3. The van der Waals surface area contributed by atoms with Crippen LogP contribution in [0.4, 0.5) is 0 Å². The van der Waals surface area contributed by atoms with Crippen molar-refractivity contribution in [2.24, 2.45) is 5.73 Å². The Bertz CT molecular complexity index is 359. The van der Waals surface area contributed by atoms with Gasteiger partial charge in [0.15, 0.2) is 0 Å². The van der Waals surface area contributed by atoms with Crippen LogP contribution in [0.1, 0.15) is 29.7 Å². The molecule has 3 heteroatoms. The molecular weight excluding hydrogens is 190 g/mol. The molecular formula is C12H19NO2. The third kappa shape index (κ3) is 2.07. The van der Waals surface area contributed by atoms with Crippen LogP contribution in [0, 0.1) is 13.8 Å². The molecule has 0 bridgehead atoms. The molecule has 0 heterocycles. The van der Waals surface area contributed by atoms with E-state index in [1.165, 1.54) is 0 Å². The fraction of sp³-hybridized carbons (Fsp3) is 0.500. The minimum absolute atomic E-state index is 0.0200. The van der Waals surface area contributed by atoms with E-state index in [2.05, 4.69) is 0 Å². The SMILES string of the molecule is COc1cc([C@@H](C)N)c(C)c(OC)c1C. The van der Waals surface area contributed by atoms with E-state index in [1.807, 2.05) is 26.8 Å². The smallest absolute Gasteiger partial charge is 0.128 e. The molecule has 1 aromatic carbocycles. The highest BCUT2D eigenvalue weighted by molar-refractivity contribution is 5.53. The van der Waals surface area contributed by atoms with Crippen LogP contribution in [0.5, 0.6) is 11.5 Å². The highest BCUT2D eigenvalue weighted by atomic mass is 16.5. The van der Waals surface area contributed by atoms with Crippen LogP contribution in [-0.2, 0) is 0 Å². The molecule has 0 fully saturated rings. The van der Waals surface area contributed by atoms with Gasteiger partial charge in [0.1, 0.15) is 11.5 Å². The lowest BCUT2D eigenvalue weighted by molar-refractivity contribution is 0.385. The zero-order valence-corrected chi connectivity index (χ0v) is 10.0. The van der Waals surface area contributed by atoms with Crippen molar-refractivity contribution in [3.63, 3.8) is 0 Å². The van der Waals surface area contributed by atoms with Gasteiger partial charge in [-0.15, -0.1) is 0 Å². The highest BCUT2D eigenvalue weighted by Gasteiger charge is 2.15. The van der Waals surface area contributed by atoms with Crippen molar-refractivity contribution in [2.75, 3.05) is 14.2 Å². The van der Waals surface area contributed by atoms with Gasteiger partial charge in [-0.3, -0.25) is 0 Å². The number of nitrogens with two attached hydrogens (primary N) is 1. The third-order valence-corrected chi connectivity index (χ3v) is 2.68. The van der Waals surface area contributed by atoms with Crippen LogP contribution < -0.4 is 15.2 Å². The molecule has 1 rings (SSSR count). The Morgan fingerprint density at radius 1 is 1.13 bits per heavy atom. The zero-order chi connectivity index (χ0) is 11.6. The van der Waals surface area contributed by atoms with Crippen molar-refractivity contribution in [2.45, 2.75) is 26.8 Å². The van der Waals surface area contributed by atoms with Gasteiger partial charge in [0.05, 0.1) is 14.2 Å². The number of ether oxygens (including phenoxy) is 2. The summed E-state index contributed by atoms with van der Waals surface area (Å²) in [4.78, 5) is 0. The summed E-state index contributed by atoms with van der Waals surface area (Å²) in [6.45, 7) is 5.95. The first-order chi connectivity index (χ1) is 7.02. The van der Waals surface area contributed by atoms with Crippen LogP contribution in [0.3, 0.4) is 0 Å². The van der Waals surface area contributed by atoms with Crippen LogP contribution in [0.2, 0.25) is 0 Å². The predicted octanol–water partition coefficient (Wildman–Crippen LogP) is 2.34. The molecule has 0 saturated heterocycles. The van der Waals surface area contributed by atoms with Crippen molar-refractivity contribution < 1.29 is 9.47 Å². The molecule has 0 unspecified atom stereocenters. The highest BCUT2D eigenvalue weighted by Crippen LogP contribution is 2.35. The van der Waals surface area contributed by atoms with Crippen molar-refractivity contribution in [1.82, 2.24) is 0 Å². The summed E-state index contributed by atoms with van der Waals surface area (Å²) in [5.74, 6) is 1.69. The first kappa shape index (κ1) is 11.9. The van der Waals surface area contributed by atoms with E-state index >= 15 is 0 Å². The third-order valence-electron chi connectivity index (χ3n) is 2.68. The molecule has 84 valence electrons. The predicted molar refractivity (Wildman–Crippen MR) is 61.6 cm³/mol. The largest absolute Gasteiger partial charge is 0.496 e. The first-order valence-corrected chi connectivity index (χ1v) is 5.00.